The number of hydrogen-bond donors (Lipinski definition) is 0. The van der Waals surface area contributed by atoms with Gasteiger partial charge in [-0.1, -0.05) is 13.8 Å². The lowest BCUT2D eigenvalue weighted by molar-refractivity contribution is 0.688. The van der Waals surface area contributed by atoms with Crippen molar-refractivity contribution in [3.05, 3.63) is 11.1 Å². The molecule has 1 unspecified atom stereocenters. The predicted octanol–water partition coefficient (Wildman–Crippen LogP) is 5.35. The Morgan fingerprint density at radius 3 is 2.24 bits per heavy atom. The molecule has 0 fully saturated rings. The lowest BCUT2D eigenvalue weighted by atomic mass is 10.1. The SMILES string of the molecule is CCc1c2c(c(CC)c3c1SSS3=O)SSS2. The minimum absolute atomic E-state index is 0.866. The van der Waals surface area contributed by atoms with Crippen LogP contribution in [0.15, 0.2) is 19.6 Å². The Kier molecular flexibility index (Phi) is 4.05. The highest BCUT2D eigenvalue weighted by molar-refractivity contribution is 9.10. The second-order valence-electron chi connectivity index (χ2n) is 3.60. The minimum atomic E-state index is -0.866. The van der Waals surface area contributed by atoms with Crippen molar-refractivity contribution in [3.63, 3.8) is 0 Å². The molecular weight excluding hydrogens is 329 g/mol. The fraction of sp³-hybridized carbons (Fsp3) is 0.400. The van der Waals surface area contributed by atoms with Gasteiger partial charge in [-0.05, 0) is 66.2 Å². The Labute approximate surface area is 122 Å². The number of benzene rings is 1. The van der Waals surface area contributed by atoms with Crippen LogP contribution in [-0.4, -0.2) is 4.21 Å². The smallest absolute Gasteiger partial charge is 0.125 e. The van der Waals surface area contributed by atoms with E-state index in [1.165, 1.54) is 35.6 Å². The fourth-order valence-corrected chi connectivity index (χ4v) is 12.7. The van der Waals surface area contributed by atoms with E-state index in [4.69, 9.17) is 0 Å². The lowest BCUT2D eigenvalue weighted by Crippen LogP contribution is -1.99. The van der Waals surface area contributed by atoms with Crippen LogP contribution in [0.5, 0.6) is 0 Å². The molecule has 1 aromatic rings. The van der Waals surface area contributed by atoms with Crippen molar-refractivity contribution in [1.82, 2.24) is 0 Å². The molecule has 0 aromatic heterocycles. The largest absolute Gasteiger partial charge is 0.242 e. The van der Waals surface area contributed by atoms with Crippen molar-refractivity contribution in [2.24, 2.45) is 0 Å². The molecule has 0 aliphatic carbocycles. The topological polar surface area (TPSA) is 17.1 Å². The summed E-state index contributed by atoms with van der Waals surface area (Å²) in [4.78, 5) is 5.23. The van der Waals surface area contributed by atoms with E-state index < -0.39 is 9.83 Å². The van der Waals surface area contributed by atoms with Crippen LogP contribution in [0.25, 0.3) is 0 Å². The Hall–Kier alpha value is 1.12. The van der Waals surface area contributed by atoms with Gasteiger partial charge >= 0.3 is 0 Å². The van der Waals surface area contributed by atoms with Crippen LogP contribution in [0.1, 0.15) is 25.0 Å². The van der Waals surface area contributed by atoms with E-state index in [2.05, 4.69) is 13.8 Å². The summed E-state index contributed by atoms with van der Waals surface area (Å²) in [5, 5.41) is 0. The second-order valence-corrected chi connectivity index (χ2v) is 12.2. The van der Waals surface area contributed by atoms with E-state index in [0.717, 1.165) is 17.7 Å². The first kappa shape index (κ1) is 13.1. The second kappa shape index (κ2) is 5.25. The highest BCUT2D eigenvalue weighted by atomic mass is 33.5. The first-order chi connectivity index (χ1) is 8.27. The predicted molar refractivity (Wildman–Crippen MR) is 84.4 cm³/mol. The van der Waals surface area contributed by atoms with Crippen molar-refractivity contribution >= 4 is 61.9 Å². The van der Waals surface area contributed by atoms with Gasteiger partial charge in [0.05, 0.1) is 4.90 Å². The molecule has 1 atom stereocenters. The van der Waals surface area contributed by atoms with Gasteiger partial charge in [-0.25, -0.2) is 4.21 Å². The molecule has 0 saturated carbocycles. The molecule has 0 spiro atoms. The first-order valence-corrected chi connectivity index (χ1v) is 12.6. The van der Waals surface area contributed by atoms with E-state index >= 15 is 0 Å². The molecule has 0 saturated heterocycles. The van der Waals surface area contributed by atoms with Gasteiger partial charge in [0.2, 0.25) is 0 Å². The summed E-state index contributed by atoms with van der Waals surface area (Å²) < 4.78 is 12.1. The van der Waals surface area contributed by atoms with Crippen LogP contribution in [0.3, 0.4) is 0 Å². The normalized spacial score (nSPS) is 21.6. The van der Waals surface area contributed by atoms with Gasteiger partial charge < -0.3 is 0 Å². The molecule has 3 rings (SSSR count). The quantitative estimate of drug-likeness (QED) is 0.671. The fourth-order valence-electron chi connectivity index (χ4n) is 2.02. The van der Waals surface area contributed by atoms with Gasteiger partial charge in [0.1, 0.15) is 9.83 Å². The average Bonchev–Trinajstić information content (AvgIpc) is 2.94. The van der Waals surface area contributed by atoms with Gasteiger partial charge in [-0.2, -0.15) is 0 Å². The minimum Gasteiger partial charge on any atom is -0.242 e. The highest BCUT2D eigenvalue weighted by Gasteiger charge is 2.33. The zero-order valence-electron chi connectivity index (χ0n) is 9.27. The van der Waals surface area contributed by atoms with Crippen molar-refractivity contribution in [2.75, 3.05) is 0 Å². The van der Waals surface area contributed by atoms with E-state index in [0.29, 0.717) is 0 Å². The summed E-state index contributed by atoms with van der Waals surface area (Å²) in [6.07, 6.45) is 2.02. The van der Waals surface area contributed by atoms with Crippen LogP contribution < -0.4 is 0 Å². The van der Waals surface area contributed by atoms with Crippen molar-refractivity contribution in [1.29, 1.82) is 0 Å². The molecule has 92 valence electrons. The molecule has 17 heavy (non-hydrogen) atoms. The Morgan fingerprint density at radius 1 is 0.941 bits per heavy atom. The van der Waals surface area contributed by atoms with E-state index in [1.54, 1.807) is 10.8 Å². The molecule has 0 amide bonds. The third kappa shape index (κ3) is 2.01. The van der Waals surface area contributed by atoms with Crippen molar-refractivity contribution in [3.8, 4) is 0 Å². The molecule has 0 N–H and O–H groups in total. The molecule has 2 aliphatic rings. The molecule has 0 bridgehead atoms. The van der Waals surface area contributed by atoms with Crippen molar-refractivity contribution < 1.29 is 4.21 Å². The summed E-state index contributed by atoms with van der Waals surface area (Å²) >= 11 is 0. The number of fused-ring (bicyclic) bond motifs is 2. The third-order valence-electron chi connectivity index (χ3n) is 2.80. The van der Waals surface area contributed by atoms with Crippen LogP contribution >= 0.6 is 52.0 Å². The van der Waals surface area contributed by atoms with Gasteiger partial charge in [-0.3, -0.25) is 0 Å². The molecule has 0 radical (unpaired) electrons. The molecule has 2 heterocycles. The maximum atomic E-state index is 12.1. The first-order valence-electron chi connectivity index (χ1n) is 5.27. The van der Waals surface area contributed by atoms with E-state index in [9.17, 15) is 4.21 Å². The van der Waals surface area contributed by atoms with Crippen LogP contribution in [-0.2, 0) is 22.7 Å². The summed E-state index contributed by atoms with van der Waals surface area (Å²) in [6, 6.07) is 0. The van der Waals surface area contributed by atoms with E-state index in [-0.39, 0.29) is 0 Å². The summed E-state index contributed by atoms with van der Waals surface area (Å²) in [5.74, 6) is 0. The molecule has 7 heteroatoms. The van der Waals surface area contributed by atoms with Gasteiger partial charge in [0.15, 0.2) is 0 Å². The number of rotatable bonds is 2. The highest BCUT2D eigenvalue weighted by Crippen LogP contribution is 2.63. The van der Waals surface area contributed by atoms with Gasteiger partial charge in [0, 0.05) is 24.5 Å². The molecule has 2 aliphatic heterocycles. The Morgan fingerprint density at radius 2 is 1.59 bits per heavy atom. The van der Waals surface area contributed by atoms with Crippen LogP contribution in [0.2, 0.25) is 0 Å². The molecular formula is C10H10OS6. The zero-order chi connectivity index (χ0) is 12.0. The number of hydrogen-bond acceptors (Lipinski definition) is 6. The summed E-state index contributed by atoms with van der Waals surface area (Å²) in [6.45, 7) is 4.36. The standard InChI is InChI=1S/C10H10OS6/c1-3-5-7-8(13-15-12-7)6(4-2)10-9(5)14-16-17(10)11/h3-4H2,1-2H3. The average molecular weight is 339 g/mol. The molecule has 1 nitrogen and oxygen atoms in total. The van der Waals surface area contributed by atoms with E-state index in [1.807, 2.05) is 31.4 Å². The summed E-state index contributed by atoms with van der Waals surface area (Å²) in [7, 11) is 7.89. The summed E-state index contributed by atoms with van der Waals surface area (Å²) in [5.41, 5.74) is 2.74. The van der Waals surface area contributed by atoms with Gasteiger partial charge in [-0.15, -0.1) is 0 Å². The molecule has 1 aromatic carbocycles. The lowest BCUT2D eigenvalue weighted by Gasteiger charge is -2.14. The maximum Gasteiger partial charge on any atom is 0.125 e. The van der Waals surface area contributed by atoms with Gasteiger partial charge in [0.25, 0.3) is 0 Å². The zero-order valence-corrected chi connectivity index (χ0v) is 14.2. The Bertz CT molecular complexity index is 512. The third-order valence-corrected chi connectivity index (χ3v) is 12.0. The monoisotopic (exact) mass is 338 g/mol. The maximum absolute atomic E-state index is 12.1. The van der Waals surface area contributed by atoms with Crippen LogP contribution in [0, 0.1) is 0 Å². The Balaban J connectivity index is 2.35. The van der Waals surface area contributed by atoms with Crippen molar-refractivity contribution in [2.45, 2.75) is 46.3 Å². The van der Waals surface area contributed by atoms with Crippen LogP contribution in [0.4, 0.5) is 0 Å².